The van der Waals surface area contributed by atoms with Crippen LogP contribution in [0.5, 0.6) is 11.5 Å². The lowest BCUT2D eigenvalue weighted by atomic mass is 10.0. The summed E-state index contributed by atoms with van der Waals surface area (Å²) in [5.74, 6) is 0.299. The fraction of sp³-hybridized carbons (Fsp3) is 0.500. The maximum atomic E-state index is 5.73. The molecule has 5 nitrogen and oxygen atoms in total. The second-order valence-corrected chi connectivity index (χ2v) is 3.43. The molecule has 0 fully saturated rings. The molecule has 0 saturated carbocycles. The molecule has 1 rings (SSSR count). The lowest BCUT2D eigenvalue weighted by Gasteiger charge is -2.31. The van der Waals surface area contributed by atoms with Gasteiger partial charge in [0, 0.05) is 14.2 Å². The molecular weight excluding hydrogens is 222 g/mol. The zero-order valence-corrected chi connectivity index (χ0v) is 10.6. The summed E-state index contributed by atoms with van der Waals surface area (Å²) in [5, 5.41) is 0. The fourth-order valence-electron chi connectivity index (χ4n) is 1.69. The van der Waals surface area contributed by atoms with Gasteiger partial charge in [0.05, 0.1) is 26.3 Å². The standard InChI is InChI=1S/C12H19NO4/c1-14-9-5-6-11(15-2)10(7-9)12(8-13,16-3)17-4/h5-7H,8,13H2,1-4H3. The van der Waals surface area contributed by atoms with Crippen molar-refractivity contribution in [1.29, 1.82) is 0 Å². The Morgan fingerprint density at radius 1 is 1.06 bits per heavy atom. The van der Waals surface area contributed by atoms with E-state index < -0.39 is 5.79 Å². The SMILES string of the molecule is COc1ccc(OC)c(C(CN)(OC)OC)c1. The van der Waals surface area contributed by atoms with Gasteiger partial charge in [-0.05, 0) is 18.2 Å². The van der Waals surface area contributed by atoms with Crippen LogP contribution in [0.4, 0.5) is 0 Å². The van der Waals surface area contributed by atoms with Crippen molar-refractivity contribution in [2.45, 2.75) is 5.79 Å². The van der Waals surface area contributed by atoms with Gasteiger partial charge in [0.1, 0.15) is 11.5 Å². The average Bonchev–Trinajstić information content (AvgIpc) is 2.41. The van der Waals surface area contributed by atoms with Gasteiger partial charge in [-0.3, -0.25) is 0 Å². The smallest absolute Gasteiger partial charge is 0.210 e. The first-order valence-electron chi connectivity index (χ1n) is 5.20. The van der Waals surface area contributed by atoms with Crippen molar-refractivity contribution in [3.63, 3.8) is 0 Å². The minimum Gasteiger partial charge on any atom is -0.497 e. The molecule has 0 aliphatic heterocycles. The van der Waals surface area contributed by atoms with Crippen LogP contribution in [0, 0.1) is 0 Å². The van der Waals surface area contributed by atoms with Gasteiger partial charge < -0.3 is 24.7 Å². The highest BCUT2D eigenvalue weighted by Gasteiger charge is 2.34. The van der Waals surface area contributed by atoms with Crippen molar-refractivity contribution in [1.82, 2.24) is 0 Å². The van der Waals surface area contributed by atoms with Crippen molar-refractivity contribution >= 4 is 0 Å². The predicted molar refractivity (Wildman–Crippen MR) is 64.3 cm³/mol. The molecule has 0 aliphatic rings. The first-order chi connectivity index (χ1) is 8.17. The van der Waals surface area contributed by atoms with Crippen molar-refractivity contribution in [3.8, 4) is 11.5 Å². The maximum absolute atomic E-state index is 5.73. The van der Waals surface area contributed by atoms with Crippen LogP contribution in [0.1, 0.15) is 5.56 Å². The molecule has 0 aromatic heterocycles. The quantitative estimate of drug-likeness (QED) is 0.756. The number of hydrogen-bond donors (Lipinski definition) is 1. The molecule has 17 heavy (non-hydrogen) atoms. The Morgan fingerprint density at radius 3 is 2.12 bits per heavy atom. The lowest BCUT2D eigenvalue weighted by molar-refractivity contribution is -0.208. The zero-order valence-electron chi connectivity index (χ0n) is 10.6. The van der Waals surface area contributed by atoms with E-state index in [9.17, 15) is 0 Å². The van der Waals surface area contributed by atoms with E-state index in [-0.39, 0.29) is 6.54 Å². The third-order valence-corrected chi connectivity index (χ3v) is 2.75. The molecule has 0 atom stereocenters. The maximum Gasteiger partial charge on any atom is 0.210 e. The van der Waals surface area contributed by atoms with E-state index >= 15 is 0 Å². The predicted octanol–water partition coefficient (Wildman–Crippen LogP) is 1.11. The Kier molecular flexibility index (Phi) is 4.74. The summed E-state index contributed by atoms with van der Waals surface area (Å²) < 4.78 is 21.2. The van der Waals surface area contributed by atoms with Crippen molar-refractivity contribution < 1.29 is 18.9 Å². The molecule has 2 N–H and O–H groups in total. The van der Waals surface area contributed by atoms with Gasteiger partial charge in [0.15, 0.2) is 0 Å². The number of benzene rings is 1. The topological polar surface area (TPSA) is 62.9 Å². The zero-order chi connectivity index (χ0) is 12.9. The van der Waals surface area contributed by atoms with Crippen molar-refractivity contribution in [2.24, 2.45) is 5.73 Å². The Balaban J connectivity index is 3.33. The highest BCUT2D eigenvalue weighted by Crippen LogP contribution is 2.35. The van der Waals surface area contributed by atoms with Gasteiger partial charge in [-0.25, -0.2) is 0 Å². The molecule has 0 saturated heterocycles. The summed E-state index contributed by atoms with van der Waals surface area (Å²) in [7, 11) is 6.25. The van der Waals surface area contributed by atoms with Gasteiger partial charge >= 0.3 is 0 Å². The van der Waals surface area contributed by atoms with Gasteiger partial charge in [-0.1, -0.05) is 0 Å². The Morgan fingerprint density at radius 2 is 1.71 bits per heavy atom. The van der Waals surface area contributed by atoms with Crippen LogP contribution in [0.2, 0.25) is 0 Å². The highest BCUT2D eigenvalue weighted by atomic mass is 16.7. The molecule has 0 bridgehead atoms. The first-order valence-corrected chi connectivity index (χ1v) is 5.20. The first kappa shape index (κ1) is 13.8. The van der Waals surface area contributed by atoms with Crippen LogP contribution in [0.25, 0.3) is 0 Å². The lowest BCUT2D eigenvalue weighted by Crippen LogP contribution is -2.39. The summed E-state index contributed by atoms with van der Waals surface area (Å²) in [6.45, 7) is 0.170. The van der Waals surface area contributed by atoms with Crippen LogP contribution in [0.15, 0.2) is 18.2 Å². The van der Waals surface area contributed by atoms with E-state index in [0.717, 1.165) is 0 Å². The summed E-state index contributed by atoms with van der Waals surface area (Å²) in [5.41, 5.74) is 6.43. The van der Waals surface area contributed by atoms with Gasteiger partial charge in [-0.2, -0.15) is 0 Å². The summed E-state index contributed by atoms with van der Waals surface area (Å²) in [6, 6.07) is 5.38. The Bertz CT molecular complexity index is 355. The number of ether oxygens (including phenoxy) is 4. The Hall–Kier alpha value is -1.30. The molecule has 0 unspecified atom stereocenters. The molecule has 0 amide bonds. The van der Waals surface area contributed by atoms with E-state index in [1.54, 1.807) is 32.4 Å². The van der Waals surface area contributed by atoms with Crippen LogP contribution in [-0.2, 0) is 15.3 Å². The van der Waals surface area contributed by atoms with Crippen LogP contribution >= 0.6 is 0 Å². The van der Waals surface area contributed by atoms with Crippen LogP contribution in [0.3, 0.4) is 0 Å². The second-order valence-electron chi connectivity index (χ2n) is 3.43. The largest absolute Gasteiger partial charge is 0.497 e. The second kappa shape index (κ2) is 5.86. The molecule has 0 aliphatic carbocycles. The molecule has 96 valence electrons. The minimum atomic E-state index is -1.03. The summed E-state index contributed by atoms with van der Waals surface area (Å²) in [4.78, 5) is 0. The number of methoxy groups -OCH3 is 4. The van der Waals surface area contributed by atoms with Crippen LogP contribution < -0.4 is 15.2 Å². The molecule has 1 aromatic rings. The van der Waals surface area contributed by atoms with Crippen molar-refractivity contribution in [3.05, 3.63) is 23.8 Å². The third kappa shape index (κ3) is 2.52. The van der Waals surface area contributed by atoms with Crippen molar-refractivity contribution in [2.75, 3.05) is 35.0 Å². The Labute approximate surface area is 101 Å². The van der Waals surface area contributed by atoms with Gasteiger partial charge in [0.2, 0.25) is 5.79 Å². The molecular formula is C12H19NO4. The number of rotatable bonds is 6. The molecule has 5 heteroatoms. The average molecular weight is 241 g/mol. The highest BCUT2D eigenvalue weighted by molar-refractivity contribution is 5.43. The van der Waals surface area contributed by atoms with E-state index in [4.69, 9.17) is 24.7 Å². The van der Waals surface area contributed by atoms with E-state index in [1.165, 1.54) is 14.2 Å². The van der Waals surface area contributed by atoms with E-state index in [2.05, 4.69) is 0 Å². The molecule has 0 spiro atoms. The normalized spacial score (nSPS) is 11.4. The molecule has 0 heterocycles. The van der Waals surface area contributed by atoms with Gasteiger partial charge in [0.25, 0.3) is 0 Å². The minimum absolute atomic E-state index is 0.170. The summed E-state index contributed by atoms with van der Waals surface area (Å²) >= 11 is 0. The van der Waals surface area contributed by atoms with E-state index in [0.29, 0.717) is 17.1 Å². The monoisotopic (exact) mass is 241 g/mol. The molecule has 1 aromatic carbocycles. The third-order valence-electron chi connectivity index (χ3n) is 2.75. The summed E-state index contributed by atoms with van der Waals surface area (Å²) in [6.07, 6.45) is 0. The number of nitrogens with two attached hydrogens (primary N) is 1. The number of hydrogen-bond acceptors (Lipinski definition) is 5. The fourth-order valence-corrected chi connectivity index (χ4v) is 1.69. The van der Waals surface area contributed by atoms with E-state index in [1.807, 2.05) is 0 Å². The molecule has 0 radical (unpaired) electrons. The van der Waals surface area contributed by atoms with Crippen LogP contribution in [-0.4, -0.2) is 35.0 Å². The van der Waals surface area contributed by atoms with Gasteiger partial charge in [-0.15, -0.1) is 0 Å².